The summed E-state index contributed by atoms with van der Waals surface area (Å²) in [5.74, 6) is 0. The highest BCUT2D eigenvalue weighted by atomic mass is 32.2. The van der Waals surface area contributed by atoms with Gasteiger partial charge in [0.15, 0.2) is 0 Å². The molecule has 9 heavy (non-hydrogen) atoms. The lowest BCUT2D eigenvalue weighted by molar-refractivity contribution is 0.257. The zero-order chi connectivity index (χ0) is 7.07. The SMILES string of the molecule is CC1CC(C)S(=O)(=O)O1. The summed E-state index contributed by atoms with van der Waals surface area (Å²) < 4.78 is 26.1. The lowest BCUT2D eigenvalue weighted by atomic mass is 10.2. The largest absolute Gasteiger partial charge is 0.270 e. The van der Waals surface area contributed by atoms with E-state index >= 15 is 0 Å². The van der Waals surface area contributed by atoms with Gasteiger partial charge in [-0.1, -0.05) is 0 Å². The zero-order valence-corrected chi connectivity index (χ0v) is 6.31. The maximum absolute atomic E-state index is 10.7. The molecule has 0 amide bonds. The van der Waals surface area contributed by atoms with Crippen LogP contribution in [-0.2, 0) is 14.3 Å². The first-order valence-electron chi connectivity index (χ1n) is 2.94. The highest BCUT2D eigenvalue weighted by molar-refractivity contribution is 7.87. The van der Waals surface area contributed by atoms with Gasteiger partial charge in [-0.3, -0.25) is 4.18 Å². The smallest absolute Gasteiger partial charge is 0.267 e. The number of hydrogen-bond acceptors (Lipinski definition) is 3. The van der Waals surface area contributed by atoms with Crippen LogP contribution in [0.5, 0.6) is 0 Å². The highest BCUT2D eigenvalue weighted by Gasteiger charge is 2.33. The molecule has 1 heterocycles. The second-order valence-corrected chi connectivity index (χ2v) is 4.43. The Hall–Kier alpha value is -0.0900. The summed E-state index contributed by atoms with van der Waals surface area (Å²) in [6.07, 6.45) is 0.507. The topological polar surface area (TPSA) is 43.4 Å². The van der Waals surface area contributed by atoms with Crippen LogP contribution < -0.4 is 0 Å². The minimum absolute atomic E-state index is 0.120. The molecule has 0 aromatic carbocycles. The van der Waals surface area contributed by atoms with Crippen LogP contribution in [-0.4, -0.2) is 19.8 Å². The third kappa shape index (κ3) is 1.24. The van der Waals surface area contributed by atoms with Crippen molar-refractivity contribution in [3.8, 4) is 0 Å². The van der Waals surface area contributed by atoms with Crippen molar-refractivity contribution in [2.24, 2.45) is 0 Å². The molecule has 0 radical (unpaired) electrons. The Labute approximate surface area is 55.1 Å². The fourth-order valence-electron chi connectivity index (χ4n) is 0.948. The maximum Gasteiger partial charge on any atom is 0.270 e. The van der Waals surface area contributed by atoms with E-state index in [1.165, 1.54) is 0 Å². The molecule has 1 aliphatic rings. The van der Waals surface area contributed by atoms with Crippen LogP contribution in [0.25, 0.3) is 0 Å². The Morgan fingerprint density at radius 1 is 1.44 bits per heavy atom. The van der Waals surface area contributed by atoms with E-state index < -0.39 is 10.1 Å². The first kappa shape index (κ1) is 7.02. The van der Waals surface area contributed by atoms with E-state index in [0.717, 1.165) is 0 Å². The number of rotatable bonds is 0. The Morgan fingerprint density at radius 2 is 2.00 bits per heavy atom. The van der Waals surface area contributed by atoms with Crippen molar-refractivity contribution < 1.29 is 12.6 Å². The van der Waals surface area contributed by atoms with Gasteiger partial charge in [-0.05, 0) is 20.3 Å². The van der Waals surface area contributed by atoms with Gasteiger partial charge in [0.25, 0.3) is 10.1 Å². The molecule has 0 saturated carbocycles. The quantitative estimate of drug-likeness (QED) is 0.473. The Kier molecular flexibility index (Phi) is 1.52. The average Bonchev–Trinajstić information content (AvgIpc) is 1.79. The molecular formula is C5H10O3S. The van der Waals surface area contributed by atoms with Gasteiger partial charge in [0.2, 0.25) is 0 Å². The van der Waals surface area contributed by atoms with E-state index in [2.05, 4.69) is 4.18 Å². The first-order valence-corrected chi connectivity index (χ1v) is 4.41. The fraction of sp³-hybridized carbons (Fsp3) is 1.00. The highest BCUT2D eigenvalue weighted by Crippen LogP contribution is 2.22. The fourth-order valence-corrected chi connectivity index (χ4v) is 2.18. The molecule has 2 unspecified atom stereocenters. The molecule has 54 valence electrons. The maximum atomic E-state index is 10.7. The average molecular weight is 150 g/mol. The summed E-state index contributed by atoms with van der Waals surface area (Å²) in [6.45, 7) is 3.43. The summed E-state index contributed by atoms with van der Waals surface area (Å²) in [4.78, 5) is 0. The second kappa shape index (κ2) is 1.95. The van der Waals surface area contributed by atoms with Crippen molar-refractivity contribution in [2.75, 3.05) is 0 Å². The van der Waals surface area contributed by atoms with Crippen molar-refractivity contribution in [1.29, 1.82) is 0 Å². The lowest BCUT2D eigenvalue weighted by Crippen LogP contribution is -2.09. The third-order valence-corrected chi connectivity index (χ3v) is 3.23. The predicted molar refractivity (Wildman–Crippen MR) is 33.5 cm³/mol. The van der Waals surface area contributed by atoms with Gasteiger partial charge in [-0.25, -0.2) is 0 Å². The second-order valence-electron chi connectivity index (χ2n) is 2.45. The monoisotopic (exact) mass is 150 g/mol. The van der Waals surface area contributed by atoms with Gasteiger partial charge in [0.1, 0.15) is 0 Å². The minimum atomic E-state index is -3.17. The van der Waals surface area contributed by atoms with Crippen LogP contribution in [0.1, 0.15) is 20.3 Å². The third-order valence-electron chi connectivity index (χ3n) is 1.46. The molecule has 3 nitrogen and oxygen atoms in total. The molecule has 1 aliphatic heterocycles. The molecular weight excluding hydrogens is 140 g/mol. The van der Waals surface area contributed by atoms with Crippen LogP contribution in [0.2, 0.25) is 0 Å². The van der Waals surface area contributed by atoms with Gasteiger partial charge >= 0.3 is 0 Å². The van der Waals surface area contributed by atoms with Gasteiger partial charge < -0.3 is 0 Å². The van der Waals surface area contributed by atoms with E-state index in [9.17, 15) is 8.42 Å². The van der Waals surface area contributed by atoms with E-state index in [1.807, 2.05) is 0 Å². The van der Waals surface area contributed by atoms with Crippen molar-refractivity contribution in [3.05, 3.63) is 0 Å². The molecule has 0 aromatic heterocycles. The summed E-state index contributed by atoms with van der Waals surface area (Å²) in [5.41, 5.74) is 0. The van der Waals surface area contributed by atoms with Crippen molar-refractivity contribution in [2.45, 2.75) is 31.6 Å². The van der Waals surface area contributed by atoms with E-state index in [4.69, 9.17) is 0 Å². The minimum Gasteiger partial charge on any atom is -0.267 e. The predicted octanol–water partition coefficient (Wildman–Crippen LogP) is 0.514. The van der Waals surface area contributed by atoms with Gasteiger partial charge in [0.05, 0.1) is 11.4 Å². The van der Waals surface area contributed by atoms with E-state index in [1.54, 1.807) is 13.8 Å². The molecule has 4 heteroatoms. The molecule has 0 N–H and O–H groups in total. The molecule has 0 aromatic rings. The number of hydrogen-bond donors (Lipinski definition) is 0. The van der Waals surface area contributed by atoms with Gasteiger partial charge in [-0.15, -0.1) is 0 Å². The van der Waals surface area contributed by atoms with Crippen molar-refractivity contribution in [1.82, 2.24) is 0 Å². The van der Waals surface area contributed by atoms with Crippen LogP contribution >= 0.6 is 0 Å². The van der Waals surface area contributed by atoms with Crippen LogP contribution in [0.3, 0.4) is 0 Å². The van der Waals surface area contributed by atoms with Gasteiger partial charge in [0, 0.05) is 0 Å². The standard InChI is InChI=1S/C5H10O3S/c1-4-3-5(2)9(6,7)8-4/h4-5H,3H2,1-2H3. The lowest BCUT2D eigenvalue weighted by Gasteiger charge is -1.95. The molecule has 2 atom stereocenters. The Balaban J connectivity index is 2.83. The van der Waals surface area contributed by atoms with Crippen molar-refractivity contribution in [3.63, 3.8) is 0 Å². The molecule has 1 fully saturated rings. The van der Waals surface area contributed by atoms with Crippen LogP contribution in [0, 0.1) is 0 Å². The Morgan fingerprint density at radius 3 is 2.11 bits per heavy atom. The summed E-state index contributed by atoms with van der Waals surface area (Å²) in [7, 11) is -3.17. The summed E-state index contributed by atoms with van der Waals surface area (Å²) in [5, 5.41) is -0.312. The first-order chi connectivity index (χ1) is 4.02. The van der Waals surface area contributed by atoms with Crippen LogP contribution in [0.15, 0.2) is 0 Å². The van der Waals surface area contributed by atoms with Gasteiger partial charge in [-0.2, -0.15) is 8.42 Å². The van der Waals surface area contributed by atoms with E-state index in [-0.39, 0.29) is 11.4 Å². The van der Waals surface area contributed by atoms with Crippen LogP contribution in [0.4, 0.5) is 0 Å². The summed E-state index contributed by atoms with van der Waals surface area (Å²) >= 11 is 0. The molecule has 1 saturated heterocycles. The van der Waals surface area contributed by atoms with Crippen molar-refractivity contribution >= 4 is 10.1 Å². The zero-order valence-electron chi connectivity index (χ0n) is 5.49. The normalized spacial score (nSPS) is 41.1. The Bertz CT molecular complexity index is 194. The van der Waals surface area contributed by atoms with E-state index in [0.29, 0.717) is 6.42 Å². The molecule has 0 spiro atoms. The molecule has 1 rings (SSSR count). The molecule has 0 bridgehead atoms. The molecule has 0 aliphatic carbocycles. The summed E-state index contributed by atoms with van der Waals surface area (Å²) in [6, 6.07) is 0.